The third-order valence-electron chi connectivity index (χ3n) is 2.25. The molecule has 0 unspecified atom stereocenters. The zero-order valence-corrected chi connectivity index (χ0v) is 10.9. The van der Waals surface area contributed by atoms with Crippen molar-refractivity contribution in [2.24, 2.45) is 0 Å². The Morgan fingerprint density at radius 1 is 1.29 bits per heavy atom. The summed E-state index contributed by atoms with van der Waals surface area (Å²) in [4.78, 5) is 16.0. The Balaban J connectivity index is 2.20. The molecule has 17 heavy (non-hydrogen) atoms. The van der Waals surface area contributed by atoms with Crippen molar-refractivity contribution in [3.8, 4) is 0 Å². The van der Waals surface area contributed by atoms with Crippen molar-refractivity contribution in [1.82, 2.24) is 4.98 Å². The molecule has 0 aliphatic carbocycles. The Hall–Kier alpha value is -1.68. The van der Waals surface area contributed by atoms with Gasteiger partial charge in [-0.2, -0.15) is 0 Å². The maximum Gasteiger partial charge on any atom is 0.275 e. The predicted molar refractivity (Wildman–Crippen MR) is 71.1 cm³/mol. The lowest BCUT2D eigenvalue weighted by Gasteiger charge is -2.06. The summed E-state index contributed by atoms with van der Waals surface area (Å²) in [7, 11) is 0. The highest BCUT2D eigenvalue weighted by Crippen LogP contribution is 2.16. The van der Waals surface area contributed by atoms with Gasteiger partial charge in [-0.05, 0) is 52.7 Å². The predicted octanol–water partition coefficient (Wildman–Crippen LogP) is 3.40. The van der Waals surface area contributed by atoms with E-state index >= 15 is 0 Å². The summed E-state index contributed by atoms with van der Waals surface area (Å²) in [6.45, 7) is 1.98. The van der Waals surface area contributed by atoms with Gasteiger partial charge in [0.25, 0.3) is 5.91 Å². The number of nitrogens with one attached hydrogen (secondary N) is 1. The molecule has 0 fully saturated rings. The van der Waals surface area contributed by atoms with Gasteiger partial charge in [0.15, 0.2) is 0 Å². The highest BCUT2D eigenvalue weighted by Gasteiger charge is 2.10. The van der Waals surface area contributed by atoms with Crippen molar-refractivity contribution in [3.05, 3.63) is 58.3 Å². The van der Waals surface area contributed by atoms with E-state index in [1.54, 1.807) is 18.3 Å². The molecule has 3 nitrogen and oxygen atoms in total. The van der Waals surface area contributed by atoms with Crippen LogP contribution in [0.1, 0.15) is 16.1 Å². The van der Waals surface area contributed by atoms with Gasteiger partial charge in [0, 0.05) is 16.4 Å². The van der Waals surface area contributed by atoms with Crippen LogP contribution < -0.4 is 5.32 Å². The molecule has 0 aliphatic heterocycles. The molecular formula is C13H11BrN2O. The van der Waals surface area contributed by atoms with Gasteiger partial charge in [0.2, 0.25) is 0 Å². The van der Waals surface area contributed by atoms with Crippen LogP contribution in [0.25, 0.3) is 0 Å². The van der Waals surface area contributed by atoms with Crippen molar-refractivity contribution < 1.29 is 4.79 Å². The molecule has 1 amide bonds. The molecule has 0 saturated carbocycles. The monoisotopic (exact) mass is 290 g/mol. The molecule has 0 bridgehead atoms. The quantitative estimate of drug-likeness (QED) is 0.921. The highest BCUT2D eigenvalue weighted by molar-refractivity contribution is 9.10. The Bertz CT molecular complexity index is 555. The molecule has 0 saturated heterocycles. The summed E-state index contributed by atoms with van der Waals surface area (Å²) in [6, 6.07) is 11.2. The van der Waals surface area contributed by atoms with E-state index in [1.807, 2.05) is 31.2 Å². The number of halogens is 1. The van der Waals surface area contributed by atoms with E-state index in [-0.39, 0.29) is 5.91 Å². The standard InChI is InChI=1S/C13H11BrN2O/c1-9-4-2-5-10(8-9)16-13(17)12-11(14)6-3-7-15-12/h2-8H,1H3,(H,16,17). The van der Waals surface area contributed by atoms with E-state index in [4.69, 9.17) is 0 Å². The lowest BCUT2D eigenvalue weighted by molar-refractivity contribution is 0.102. The molecule has 0 radical (unpaired) electrons. The average molecular weight is 291 g/mol. The van der Waals surface area contributed by atoms with Crippen LogP contribution in [0, 0.1) is 6.92 Å². The van der Waals surface area contributed by atoms with Crippen molar-refractivity contribution >= 4 is 27.5 Å². The maximum absolute atomic E-state index is 11.9. The lowest BCUT2D eigenvalue weighted by atomic mass is 10.2. The molecule has 2 rings (SSSR count). The smallest absolute Gasteiger partial charge is 0.275 e. The van der Waals surface area contributed by atoms with Gasteiger partial charge >= 0.3 is 0 Å². The first-order valence-corrected chi connectivity index (χ1v) is 5.94. The number of benzene rings is 1. The minimum absolute atomic E-state index is 0.219. The third kappa shape index (κ3) is 2.91. The number of anilines is 1. The number of carbonyl (C=O) groups is 1. The molecule has 0 aliphatic rings. The SMILES string of the molecule is Cc1cccc(NC(=O)c2ncccc2Br)c1. The second kappa shape index (κ2) is 5.10. The number of pyridine rings is 1. The van der Waals surface area contributed by atoms with E-state index in [1.165, 1.54) is 0 Å². The minimum atomic E-state index is -0.219. The summed E-state index contributed by atoms with van der Waals surface area (Å²) >= 11 is 3.30. The van der Waals surface area contributed by atoms with Crippen LogP contribution in [0.15, 0.2) is 47.1 Å². The fourth-order valence-electron chi connectivity index (χ4n) is 1.47. The lowest BCUT2D eigenvalue weighted by Crippen LogP contribution is -2.14. The largest absolute Gasteiger partial charge is 0.321 e. The molecule has 2 aromatic rings. The summed E-state index contributed by atoms with van der Waals surface area (Å²) in [6.07, 6.45) is 1.59. The first-order valence-electron chi connectivity index (χ1n) is 5.15. The third-order valence-corrected chi connectivity index (χ3v) is 2.89. The topological polar surface area (TPSA) is 42.0 Å². The molecule has 1 heterocycles. The van der Waals surface area contributed by atoms with Gasteiger partial charge in [0.1, 0.15) is 5.69 Å². The van der Waals surface area contributed by atoms with Crippen molar-refractivity contribution in [2.45, 2.75) is 6.92 Å². The molecule has 1 N–H and O–H groups in total. The first kappa shape index (κ1) is 11.8. The summed E-state index contributed by atoms with van der Waals surface area (Å²) in [5, 5.41) is 2.81. The number of hydrogen-bond donors (Lipinski definition) is 1. The number of aryl methyl sites for hydroxylation is 1. The zero-order valence-electron chi connectivity index (χ0n) is 9.27. The Kier molecular flexibility index (Phi) is 3.54. The second-order valence-electron chi connectivity index (χ2n) is 3.66. The van der Waals surface area contributed by atoms with Crippen molar-refractivity contribution in [1.29, 1.82) is 0 Å². The summed E-state index contributed by atoms with van der Waals surface area (Å²) in [5.74, 6) is -0.219. The van der Waals surface area contributed by atoms with Crippen LogP contribution in [0.4, 0.5) is 5.69 Å². The molecular weight excluding hydrogens is 280 g/mol. The van der Waals surface area contributed by atoms with E-state index in [0.29, 0.717) is 10.2 Å². The Morgan fingerprint density at radius 2 is 2.12 bits per heavy atom. The van der Waals surface area contributed by atoms with Crippen LogP contribution in [0.3, 0.4) is 0 Å². The molecule has 1 aromatic carbocycles. The maximum atomic E-state index is 11.9. The van der Waals surface area contributed by atoms with E-state index in [9.17, 15) is 4.79 Å². The van der Waals surface area contributed by atoms with Crippen LogP contribution in [0.5, 0.6) is 0 Å². The fourth-order valence-corrected chi connectivity index (χ4v) is 1.90. The van der Waals surface area contributed by atoms with Crippen LogP contribution in [-0.4, -0.2) is 10.9 Å². The molecule has 1 aromatic heterocycles. The number of hydrogen-bond acceptors (Lipinski definition) is 2. The number of carbonyl (C=O) groups excluding carboxylic acids is 1. The zero-order chi connectivity index (χ0) is 12.3. The van der Waals surface area contributed by atoms with Gasteiger partial charge in [-0.15, -0.1) is 0 Å². The average Bonchev–Trinajstić information content (AvgIpc) is 2.29. The van der Waals surface area contributed by atoms with Gasteiger partial charge in [-0.3, -0.25) is 4.79 Å². The number of aromatic nitrogens is 1. The van der Waals surface area contributed by atoms with Crippen LogP contribution in [-0.2, 0) is 0 Å². The normalized spacial score (nSPS) is 10.0. The number of amides is 1. The van der Waals surface area contributed by atoms with E-state index < -0.39 is 0 Å². The van der Waals surface area contributed by atoms with E-state index in [2.05, 4.69) is 26.2 Å². The number of nitrogens with zero attached hydrogens (tertiary/aromatic N) is 1. The fraction of sp³-hybridized carbons (Fsp3) is 0.0769. The first-order chi connectivity index (χ1) is 8.16. The van der Waals surface area contributed by atoms with Crippen molar-refractivity contribution in [2.75, 3.05) is 5.32 Å². The minimum Gasteiger partial charge on any atom is -0.321 e. The summed E-state index contributed by atoms with van der Waals surface area (Å²) < 4.78 is 0.685. The molecule has 0 spiro atoms. The molecule has 0 atom stereocenters. The Morgan fingerprint density at radius 3 is 2.82 bits per heavy atom. The summed E-state index contributed by atoms with van der Waals surface area (Å²) in [5.41, 5.74) is 2.25. The van der Waals surface area contributed by atoms with Gasteiger partial charge in [0.05, 0.1) is 0 Å². The molecule has 86 valence electrons. The van der Waals surface area contributed by atoms with Gasteiger partial charge in [-0.1, -0.05) is 12.1 Å². The van der Waals surface area contributed by atoms with Crippen molar-refractivity contribution in [3.63, 3.8) is 0 Å². The van der Waals surface area contributed by atoms with Crippen LogP contribution >= 0.6 is 15.9 Å². The Labute approximate surface area is 108 Å². The van der Waals surface area contributed by atoms with Crippen LogP contribution in [0.2, 0.25) is 0 Å². The van der Waals surface area contributed by atoms with Gasteiger partial charge < -0.3 is 5.32 Å². The second-order valence-corrected chi connectivity index (χ2v) is 4.51. The van der Waals surface area contributed by atoms with E-state index in [0.717, 1.165) is 11.3 Å². The van der Waals surface area contributed by atoms with Gasteiger partial charge in [-0.25, -0.2) is 4.98 Å². The highest BCUT2D eigenvalue weighted by atomic mass is 79.9. The molecule has 4 heteroatoms. The number of rotatable bonds is 2.